The first-order valence-corrected chi connectivity index (χ1v) is 9.07. The van der Waals surface area contributed by atoms with Crippen LogP contribution in [0.5, 0.6) is 0 Å². The maximum atomic E-state index is 9.66. The van der Waals surface area contributed by atoms with E-state index in [1.165, 1.54) is 10.3 Å². The number of hydrogen-bond donors (Lipinski definition) is 1. The smallest absolute Gasteiger partial charge is 0.0728 e. The highest BCUT2D eigenvalue weighted by Crippen LogP contribution is 2.29. The second-order valence-corrected chi connectivity index (χ2v) is 7.48. The Morgan fingerprint density at radius 3 is 3.09 bits per heavy atom. The summed E-state index contributed by atoms with van der Waals surface area (Å²) in [6.07, 6.45) is 2.77. The van der Waals surface area contributed by atoms with Gasteiger partial charge in [-0.3, -0.25) is 4.98 Å². The molecule has 0 saturated carbocycles. The Morgan fingerprint density at radius 2 is 2.32 bits per heavy atom. The summed E-state index contributed by atoms with van der Waals surface area (Å²) in [5.74, 6) is 1.49. The van der Waals surface area contributed by atoms with Gasteiger partial charge in [-0.2, -0.15) is 0 Å². The Hall–Kier alpha value is -0.810. The Balaban J connectivity index is 1.58. The van der Waals surface area contributed by atoms with E-state index in [0.29, 0.717) is 5.92 Å². The van der Waals surface area contributed by atoms with Gasteiger partial charge in [0.05, 0.1) is 11.6 Å². The van der Waals surface area contributed by atoms with Gasteiger partial charge in [0.25, 0.3) is 0 Å². The van der Waals surface area contributed by atoms with Crippen LogP contribution in [0.1, 0.15) is 13.3 Å². The fourth-order valence-corrected chi connectivity index (χ4v) is 4.19. The number of thioether (sulfide) groups is 1. The van der Waals surface area contributed by atoms with Crippen molar-refractivity contribution in [2.45, 2.75) is 24.3 Å². The molecule has 1 aromatic carbocycles. The van der Waals surface area contributed by atoms with Crippen molar-refractivity contribution in [2.75, 3.05) is 25.4 Å². The van der Waals surface area contributed by atoms with Crippen LogP contribution in [0, 0.1) is 5.92 Å². The van der Waals surface area contributed by atoms with E-state index in [2.05, 4.69) is 16.0 Å². The third kappa shape index (κ3) is 3.74. The number of nitrogens with zero attached hydrogens (tertiary/aromatic N) is 2. The average molecular weight is 337 g/mol. The zero-order chi connectivity index (χ0) is 15.5. The summed E-state index contributed by atoms with van der Waals surface area (Å²) in [7, 11) is 0. The van der Waals surface area contributed by atoms with Crippen molar-refractivity contribution >= 4 is 34.3 Å². The van der Waals surface area contributed by atoms with Gasteiger partial charge >= 0.3 is 0 Å². The van der Waals surface area contributed by atoms with Crippen LogP contribution in [0.3, 0.4) is 0 Å². The Bertz CT molecular complexity index is 650. The number of benzene rings is 1. The van der Waals surface area contributed by atoms with Gasteiger partial charge in [0.15, 0.2) is 0 Å². The summed E-state index contributed by atoms with van der Waals surface area (Å²) in [6.45, 7) is 5.08. The van der Waals surface area contributed by atoms with Crippen molar-refractivity contribution in [3.8, 4) is 0 Å². The SMILES string of the molecule is CC(O)C1CCN(CCSc2ccnc3cc(Cl)ccc23)C1. The van der Waals surface area contributed by atoms with Crippen molar-refractivity contribution in [2.24, 2.45) is 5.92 Å². The lowest BCUT2D eigenvalue weighted by Gasteiger charge is -2.17. The van der Waals surface area contributed by atoms with E-state index >= 15 is 0 Å². The molecule has 1 aromatic heterocycles. The highest BCUT2D eigenvalue weighted by atomic mass is 35.5. The van der Waals surface area contributed by atoms with Gasteiger partial charge < -0.3 is 10.0 Å². The first-order valence-electron chi connectivity index (χ1n) is 7.71. The van der Waals surface area contributed by atoms with Crippen LogP contribution in [-0.4, -0.2) is 46.5 Å². The molecule has 0 amide bonds. The molecule has 1 fully saturated rings. The van der Waals surface area contributed by atoms with Crippen LogP contribution < -0.4 is 0 Å². The molecule has 1 saturated heterocycles. The molecule has 1 aliphatic heterocycles. The molecule has 5 heteroatoms. The van der Waals surface area contributed by atoms with Crippen LogP contribution in [0.15, 0.2) is 35.4 Å². The van der Waals surface area contributed by atoms with Crippen LogP contribution in [0.2, 0.25) is 5.02 Å². The van der Waals surface area contributed by atoms with Gasteiger partial charge in [-0.25, -0.2) is 0 Å². The van der Waals surface area contributed by atoms with Crippen LogP contribution in [0.25, 0.3) is 10.9 Å². The van der Waals surface area contributed by atoms with E-state index in [9.17, 15) is 5.11 Å². The molecule has 2 unspecified atom stereocenters. The number of fused-ring (bicyclic) bond motifs is 1. The van der Waals surface area contributed by atoms with Gasteiger partial charge in [0, 0.05) is 40.3 Å². The molecule has 3 nitrogen and oxygen atoms in total. The highest BCUT2D eigenvalue weighted by Gasteiger charge is 2.25. The number of hydrogen-bond acceptors (Lipinski definition) is 4. The van der Waals surface area contributed by atoms with E-state index < -0.39 is 0 Å². The number of aliphatic hydroxyl groups excluding tert-OH is 1. The fourth-order valence-electron chi connectivity index (χ4n) is 2.97. The average Bonchev–Trinajstić information content (AvgIpc) is 2.96. The number of likely N-dealkylation sites (tertiary alicyclic amines) is 1. The lowest BCUT2D eigenvalue weighted by molar-refractivity contribution is 0.128. The van der Waals surface area contributed by atoms with Crippen molar-refractivity contribution in [1.29, 1.82) is 0 Å². The van der Waals surface area contributed by atoms with Gasteiger partial charge in [-0.15, -0.1) is 11.8 Å². The number of pyridine rings is 1. The maximum absolute atomic E-state index is 9.66. The molecule has 2 aromatic rings. The largest absolute Gasteiger partial charge is 0.393 e. The highest BCUT2D eigenvalue weighted by molar-refractivity contribution is 7.99. The van der Waals surface area contributed by atoms with Crippen LogP contribution in [0.4, 0.5) is 0 Å². The van der Waals surface area contributed by atoms with Gasteiger partial charge in [-0.05, 0) is 44.0 Å². The van der Waals surface area contributed by atoms with E-state index in [4.69, 9.17) is 11.6 Å². The minimum absolute atomic E-state index is 0.188. The summed E-state index contributed by atoms with van der Waals surface area (Å²) < 4.78 is 0. The minimum Gasteiger partial charge on any atom is -0.393 e. The lowest BCUT2D eigenvalue weighted by Crippen LogP contribution is -2.26. The number of aliphatic hydroxyl groups is 1. The summed E-state index contributed by atoms with van der Waals surface area (Å²) in [5.41, 5.74) is 0.952. The van der Waals surface area contributed by atoms with Gasteiger partial charge in [0.1, 0.15) is 0 Å². The molecule has 3 rings (SSSR count). The summed E-state index contributed by atoms with van der Waals surface area (Å²) in [5, 5.41) is 11.6. The zero-order valence-corrected chi connectivity index (χ0v) is 14.3. The van der Waals surface area contributed by atoms with E-state index in [1.54, 1.807) is 0 Å². The molecular formula is C17H21ClN2OS. The van der Waals surface area contributed by atoms with Crippen molar-refractivity contribution in [3.05, 3.63) is 35.5 Å². The molecular weight excluding hydrogens is 316 g/mol. The third-order valence-electron chi connectivity index (χ3n) is 4.32. The molecule has 118 valence electrons. The molecule has 1 aliphatic rings. The monoisotopic (exact) mass is 336 g/mol. The first-order chi connectivity index (χ1) is 10.6. The number of rotatable bonds is 5. The topological polar surface area (TPSA) is 36.4 Å². The van der Waals surface area contributed by atoms with Crippen molar-refractivity contribution in [3.63, 3.8) is 0 Å². The van der Waals surface area contributed by atoms with Crippen molar-refractivity contribution in [1.82, 2.24) is 9.88 Å². The van der Waals surface area contributed by atoms with E-state index in [1.807, 2.05) is 43.1 Å². The van der Waals surface area contributed by atoms with E-state index in [0.717, 1.165) is 42.3 Å². The Labute approximate surface area is 140 Å². The molecule has 2 atom stereocenters. The molecule has 1 N–H and O–H groups in total. The number of aromatic nitrogens is 1. The fraction of sp³-hybridized carbons (Fsp3) is 0.471. The summed E-state index contributed by atoms with van der Waals surface area (Å²) in [6, 6.07) is 7.95. The maximum Gasteiger partial charge on any atom is 0.0728 e. The number of halogens is 1. The van der Waals surface area contributed by atoms with Crippen molar-refractivity contribution < 1.29 is 5.11 Å². The van der Waals surface area contributed by atoms with Crippen LogP contribution in [-0.2, 0) is 0 Å². The van der Waals surface area contributed by atoms with Crippen LogP contribution >= 0.6 is 23.4 Å². The van der Waals surface area contributed by atoms with Gasteiger partial charge in [0.2, 0.25) is 0 Å². The standard InChI is InChI=1S/C17H21ClN2OS/c1-12(21)13-5-7-20(11-13)8-9-22-17-4-6-19-16-10-14(18)2-3-15(16)17/h2-4,6,10,12-13,21H,5,7-9,11H2,1H3. The summed E-state index contributed by atoms with van der Waals surface area (Å²) in [4.78, 5) is 8.09. The zero-order valence-electron chi connectivity index (χ0n) is 12.7. The normalized spacial score (nSPS) is 20.6. The molecule has 0 aliphatic carbocycles. The second kappa shape index (κ2) is 7.18. The van der Waals surface area contributed by atoms with E-state index in [-0.39, 0.29) is 6.10 Å². The molecule has 2 heterocycles. The first kappa shape index (κ1) is 16.1. The lowest BCUT2D eigenvalue weighted by atomic mass is 10.0. The predicted molar refractivity (Wildman–Crippen MR) is 93.7 cm³/mol. The molecule has 0 bridgehead atoms. The summed E-state index contributed by atoms with van der Waals surface area (Å²) >= 11 is 7.89. The van der Waals surface area contributed by atoms with Gasteiger partial charge in [-0.1, -0.05) is 17.7 Å². The third-order valence-corrected chi connectivity index (χ3v) is 5.61. The second-order valence-electron chi connectivity index (χ2n) is 5.91. The predicted octanol–water partition coefficient (Wildman–Crippen LogP) is 3.68. The molecule has 0 radical (unpaired) electrons. The molecule has 22 heavy (non-hydrogen) atoms. The Morgan fingerprint density at radius 1 is 1.45 bits per heavy atom. The Kier molecular flexibility index (Phi) is 5.24. The minimum atomic E-state index is -0.188. The molecule has 0 spiro atoms. The quantitative estimate of drug-likeness (QED) is 0.845.